The van der Waals surface area contributed by atoms with Gasteiger partial charge in [0.25, 0.3) is 0 Å². The molecule has 4 nitrogen and oxygen atoms in total. The van der Waals surface area contributed by atoms with Gasteiger partial charge in [-0.1, -0.05) is 13.8 Å². The summed E-state index contributed by atoms with van der Waals surface area (Å²) in [6.45, 7) is 7.84. The number of hydrogen-bond donors (Lipinski definition) is 1. The standard InChI is InChI=1S/C11H23NO3/c1-9(2)7-12(8-11(13)14)10(3)5-6-15-4/h9-10H,5-8H2,1-4H3,(H,13,14). The maximum atomic E-state index is 10.7. The van der Waals surface area contributed by atoms with E-state index >= 15 is 0 Å². The van der Waals surface area contributed by atoms with Gasteiger partial charge in [-0.15, -0.1) is 0 Å². The lowest BCUT2D eigenvalue weighted by Crippen LogP contribution is -2.40. The number of nitrogens with zero attached hydrogens (tertiary/aromatic N) is 1. The van der Waals surface area contributed by atoms with Crippen LogP contribution in [0.3, 0.4) is 0 Å². The molecule has 1 N–H and O–H groups in total. The Labute approximate surface area is 92.2 Å². The van der Waals surface area contributed by atoms with Crippen LogP contribution in [0.15, 0.2) is 0 Å². The van der Waals surface area contributed by atoms with Crippen LogP contribution in [0.2, 0.25) is 0 Å². The molecule has 0 fully saturated rings. The first kappa shape index (κ1) is 14.4. The number of carboxylic acids is 1. The molecule has 0 radical (unpaired) electrons. The Morgan fingerprint density at radius 2 is 2.00 bits per heavy atom. The SMILES string of the molecule is COCCC(C)N(CC(=O)O)CC(C)C. The quantitative estimate of drug-likeness (QED) is 0.668. The van der Waals surface area contributed by atoms with Gasteiger partial charge in [-0.25, -0.2) is 0 Å². The molecule has 15 heavy (non-hydrogen) atoms. The van der Waals surface area contributed by atoms with Crippen molar-refractivity contribution in [3.8, 4) is 0 Å². The molecule has 1 atom stereocenters. The number of rotatable bonds is 8. The van der Waals surface area contributed by atoms with Crippen molar-refractivity contribution >= 4 is 5.97 Å². The van der Waals surface area contributed by atoms with Crippen molar-refractivity contribution in [1.82, 2.24) is 4.90 Å². The van der Waals surface area contributed by atoms with E-state index in [4.69, 9.17) is 9.84 Å². The zero-order chi connectivity index (χ0) is 11.8. The molecule has 0 spiro atoms. The van der Waals surface area contributed by atoms with Crippen LogP contribution in [0.5, 0.6) is 0 Å². The van der Waals surface area contributed by atoms with Crippen LogP contribution in [0.25, 0.3) is 0 Å². The number of methoxy groups -OCH3 is 1. The molecule has 4 heteroatoms. The monoisotopic (exact) mass is 217 g/mol. The molecule has 0 aromatic carbocycles. The van der Waals surface area contributed by atoms with Gasteiger partial charge in [0.2, 0.25) is 0 Å². The summed E-state index contributed by atoms with van der Waals surface area (Å²) in [5, 5.41) is 8.80. The molecule has 1 unspecified atom stereocenters. The van der Waals surface area contributed by atoms with Crippen molar-refractivity contribution in [2.45, 2.75) is 33.2 Å². The fourth-order valence-electron chi connectivity index (χ4n) is 1.51. The van der Waals surface area contributed by atoms with Gasteiger partial charge in [0.05, 0.1) is 6.54 Å². The van der Waals surface area contributed by atoms with E-state index in [1.165, 1.54) is 0 Å². The van der Waals surface area contributed by atoms with E-state index in [0.717, 1.165) is 13.0 Å². The minimum Gasteiger partial charge on any atom is -0.480 e. The van der Waals surface area contributed by atoms with Gasteiger partial charge in [-0.05, 0) is 19.3 Å². The van der Waals surface area contributed by atoms with Gasteiger partial charge in [0.1, 0.15) is 0 Å². The highest BCUT2D eigenvalue weighted by atomic mass is 16.5. The van der Waals surface area contributed by atoms with Crippen LogP contribution in [0.4, 0.5) is 0 Å². The molecule has 0 heterocycles. The van der Waals surface area contributed by atoms with Gasteiger partial charge in [0.15, 0.2) is 0 Å². The highest BCUT2D eigenvalue weighted by Gasteiger charge is 2.17. The zero-order valence-electron chi connectivity index (χ0n) is 10.2. The molecule has 0 saturated carbocycles. The number of ether oxygens (including phenoxy) is 1. The Hall–Kier alpha value is -0.610. The van der Waals surface area contributed by atoms with E-state index in [1.54, 1.807) is 7.11 Å². The summed E-state index contributed by atoms with van der Waals surface area (Å²) < 4.78 is 5.00. The minimum atomic E-state index is -0.764. The molecule has 0 aromatic rings. The predicted octanol–water partition coefficient (Wildman–Crippen LogP) is 1.45. The molecule has 0 amide bonds. The molecule has 0 rings (SSSR count). The van der Waals surface area contributed by atoms with E-state index in [9.17, 15) is 4.79 Å². The van der Waals surface area contributed by atoms with E-state index < -0.39 is 5.97 Å². The first-order chi connectivity index (χ1) is 6.97. The van der Waals surface area contributed by atoms with Gasteiger partial charge < -0.3 is 9.84 Å². The molecule has 0 aliphatic rings. The Morgan fingerprint density at radius 3 is 2.40 bits per heavy atom. The van der Waals surface area contributed by atoms with Crippen LogP contribution in [-0.2, 0) is 9.53 Å². The lowest BCUT2D eigenvalue weighted by Gasteiger charge is -2.28. The number of hydrogen-bond acceptors (Lipinski definition) is 3. The lowest BCUT2D eigenvalue weighted by atomic mass is 10.1. The van der Waals surface area contributed by atoms with Crippen molar-refractivity contribution in [3.05, 3.63) is 0 Å². The maximum absolute atomic E-state index is 10.7. The topological polar surface area (TPSA) is 49.8 Å². The Kier molecular flexibility index (Phi) is 7.34. The molecule has 0 bridgehead atoms. The van der Waals surface area contributed by atoms with Crippen molar-refractivity contribution in [2.75, 3.05) is 26.8 Å². The molecule has 0 saturated heterocycles. The van der Waals surface area contributed by atoms with Crippen LogP contribution >= 0.6 is 0 Å². The summed E-state index contributed by atoms with van der Waals surface area (Å²) in [5.74, 6) is -0.283. The average molecular weight is 217 g/mol. The summed E-state index contributed by atoms with van der Waals surface area (Å²) in [7, 11) is 1.66. The van der Waals surface area contributed by atoms with Crippen molar-refractivity contribution in [2.24, 2.45) is 5.92 Å². The molecular formula is C11H23NO3. The van der Waals surface area contributed by atoms with Gasteiger partial charge in [-0.3, -0.25) is 9.69 Å². The summed E-state index contributed by atoms with van der Waals surface area (Å²) >= 11 is 0. The number of carboxylic acid groups (broad SMARTS) is 1. The van der Waals surface area contributed by atoms with Crippen LogP contribution < -0.4 is 0 Å². The maximum Gasteiger partial charge on any atom is 0.317 e. The predicted molar refractivity (Wildman–Crippen MR) is 60.0 cm³/mol. The third-order valence-corrected chi connectivity index (χ3v) is 2.30. The Balaban J connectivity index is 4.13. The molecular weight excluding hydrogens is 194 g/mol. The zero-order valence-corrected chi connectivity index (χ0v) is 10.2. The number of aliphatic carboxylic acids is 1. The third-order valence-electron chi connectivity index (χ3n) is 2.30. The first-order valence-electron chi connectivity index (χ1n) is 5.42. The van der Waals surface area contributed by atoms with Crippen LogP contribution in [-0.4, -0.2) is 48.8 Å². The second kappa shape index (κ2) is 7.65. The molecule has 0 aromatic heterocycles. The van der Waals surface area contributed by atoms with Crippen molar-refractivity contribution in [1.29, 1.82) is 0 Å². The van der Waals surface area contributed by atoms with Crippen molar-refractivity contribution < 1.29 is 14.6 Å². The fraction of sp³-hybridized carbons (Fsp3) is 0.909. The Morgan fingerprint density at radius 1 is 1.40 bits per heavy atom. The summed E-state index contributed by atoms with van der Waals surface area (Å²) in [4.78, 5) is 12.7. The van der Waals surface area contributed by atoms with Gasteiger partial charge in [0, 0.05) is 26.3 Å². The third kappa shape index (κ3) is 7.33. The van der Waals surface area contributed by atoms with E-state index in [2.05, 4.69) is 13.8 Å². The van der Waals surface area contributed by atoms with Crippen molar-refractivity contribution in [3.63, 3.8) is 0 Å². The van der Waals surface area contributed by atoms with Gasteiger partial charge >= 0.3 is 5.97 Å². The first-order valence-corrected chi connectivity index (χ1v) is 5.42. The smallest absolute Gasteiger partial charge is 0.317 e. The largest absolute Gasteiger partial charge is 0.480 e. The second-order valence-corrected chi connectivity index (χ2v) is 4.35. The minimum absolute atomic E-state index is 0.114. The van der Waals surface area contributed by atoms with Gasteiger partial charge in [-0.2, -0.15) is 0 Å². The highest BCUT2D eigenvalue weighted by molar-refractivity contribution is 5.69. The summed E-state index contributed by atoms with van der Waals surface area (Å²) in [6.07, 6.45) is 0.872. The van der Waals surface area contributed by atoms with Crippen LogP contribution in [0.1, 0.15) is 27.2 Å². The van der Waals surface area contributed by atoms with E-state index in [0.29, 0.717) is 12.5 Å². The molecule has 0 aliphatic carbocycles. The van der Waals surface area contributed by atoms with E-state index in [-0.39, 0.29) is 12.6 Å². The summed E-state index contributed by atoms with van der Waals surface area (Å²) in [5.41, 5.74) is 0. The summed E-state index contributed by atoms with van der Waals surface area (Å²) in [6, 6.07) is 0.253. The lowest BCUT2D eigenvalue weighted by molar-refractivity contribution is -0.139. The second-order valence-electron chi connectivity index (χ2n) is 4.35. The molecule has 0 aliphatic heterocycles. The van der Waals surface area contributed by atoms with E-state index in [1.807, 2.05) is 11.8 Å². The average Bonchev–Trinajstić information content (AvgIpc) is 2.11. The van der Waals surface area contributed by atoms with Crippen LogP contribution in [0, 0.1) is 5.92 Å². The highest BCUT2D eigenvalue weighted by Crippen LogP contribution is 2.07. The molecule has 90 valence electrons. The normalized spacial score (nSPS) is 13.5. The number of carbonyl (C=O) groups is 1. The Bertz CT molecular complexity index is 183. The fourth-order valence-corrected chi connectivity index (χ4v) is 1.51.